The van der Waals surface area contributed by atoms with E-state index in [-0.39, 0.29) is 49.0 Å². The molecular weight excluding hydrogens is 722 g/mol. The highest BCUT2D eigenvalue weighted by atomic mass is 28.3. The van der Waals surface area contributed by atoms with Gasteiger partial charge in [0.2, 0.25) is 5.88 Å². The number of carbonyl (C=O) groups excluding carboxylic acids is 1. The van der Waals surface area contributed by atoms with Gasteiger partial charge in [0.05, 0.1) is 49.2 Å². The molecule has 2 aromatic heterocycles. The van der Waals surface area contributed by atoms with Crippen LogP contribution >= 0.6 is 0 Å². The molecule has 1 fully saturated rings. The highest BCUT2D eigenvalue weighted by Gasteiger charge is 2.39. The average molecular weight is 775 g/mol. The third-order valence-corrected chi connectivity index (χ3v) is 12.5. The number of methoxy groups -OCH3 is 1. The van der Waals surface area contributed by atoms with Crippen molar-refractivity contribution in [3.8, 4) is 5.88 Å². The second kappa shape index (κ2) is 16.7. The number of esters is 1. The van der Waals surface area contributed by atoms with Crippen LogP contribution in [0.2, 0.25) is 51.4 Å². The first-order chi connectivity index (χ1) is 25.0. The molecule has 3 heterocycles. The molecule has 0 radical (unpaired) electrons. The minimum atomic E-state index is -2.85. The van der Waals surface area contributed by atoms with Crippen molar-refractivity contribution < 1.29 is 36.9 Å². The van der Waals surface area contributed by atoms with Crippen LogP contribution in [0, 0.1) is 5.82 Å². The Morgan fingerprint density at radius 2 is 1.70 bits per heavy atom. The van der Waals surface area contributed by atoms with E-state index < -0.39 is 46.4 Å². The fourth-order valence-corrected chi connectivity index (χ4v) is 7.59. The number of aromatic nitrogens is 4. The van der Waals surface area contributed by atoms with Crippen molar-refractivity contribution in [2.45, 2.75) is 90.1 Å². The van der Waals surface area contributed by atoms with E-state index in [9.17, 15) is 13.6 Å². The Kier molecular flexibility index (Phi) is 12.7. The summed E-state index contributed by atoms with van der Waals surface area (Å²) in [4.78, 5) is 19.8. The molecule has 5 rings (SSSR count). The zero-order valence-electron chi connectivity index (χ0n) is 32.1. The van der Waals surface area contributed by atoms with E-state index in [1.165, 1.54) is 22.8 Å². The van der Waals surface area contributed by atoms with Crippen molar-refractivity contribution in [3.63, 3.8) is 0 Å². The number of nitrogens with zero attached hydrogens (tertiary/aromatic N) is 5. The standard InChI is InChI=1S/C37H53F3N6O5Si2/c1-9-51-36(47)34-32(35(48-2)43-46(34)25-50-17-19-53(6,7)8)33(28-12-11-27(21-29(28)38)44-15-14-37(39,40)22-44)42-26-10-13-31-30(20-26)41-23-45(31)24-49-16-18-52(3,4)5/h10-13,20-21,23,33,42H,9,14-19,22,24-25H2,1-8H3. The molecule has 1 atom stereocenters. The van der Waals surface area contributed by atoms with Gasteiger partial charge in [-0.3, -0.25) is 0 Å². The lowest BCUT2D eigenvalue weighted by molar-refractivity contribution is 0.0257. The predicted molar refractivity (Wildman–Crippen MR) is 206 cm³/mol. The number of alkyl halides is 2. The first-order valence-electron chi connectivity index (χ1n) is 18.1. The number of ether oxygens (including phenoxy) is 4. The number of imidazole rings is 1. The lowest BCUT2D eigenvalue weighted by Crippen LogP contribution is -2.25. The summed E-state index contributed by atoms with van der Waals surface area (Å²) in [5.41, 5.74) is 2.86. The van der Waals surface area contributed by atoms with Crippen LogP contribution in [0.1, 0.15) is 41.0 Å². The van der Waals surface area contributed by atoms with E-state index in [1.54, 1.807) is 25.4 Å². The second-order valence-electron chi connectivity index (χ2n) is 15.9. The fraction of sp³-hybridized carbons (Fsp3) is 0.541. The molecule has 1 unspecified atom stereocenters. The molecule has 0 bridgehead atoms. The van der Waals surface area contributed by atoms with Gasteiger partial charge in [0, 0.05) is 59.3 Å². The summed E-state index contributed by atoms with van der Waals surface area (Å²) in [6.45, 7) is 16.5. The van der Waals surface area contributed by atoms with Gasteiger partial charge in [-0.2, -0.15) is 0 Å². The maximum atomic E-state index is 16.4. The molecule has 1 N–H and O–H groups in total. The maximum absolute atomic E-state index is 16.4. The topological polar surface area (TPSA) is 105 Å². The van der Waals surface area contributed by atoms with Gasteiger partial charge in [-0.1, -0.05) is 45.3 Å². The third kappa shape index (κ3) is 10.4. The van der Waals surface area contributed by atoms with Crippen LogP contribution in [0.4, 0.5) is 24.5 Å². The monoisotopic (exact) mass is 774 g/mol. The largest absolute Gasteiger partial charge is 0.480 e. The second-order valence-corrected chi connectivity index (χ2v) is 27.2. The number of hydrogen-bond donors (Lipinski definition) is 1. The summed E-state index contributed by atoms with van der Waals surface area (Å²) in [7, 11) is -1.22. The Balaban J connectivity index is 1.54. The van der Waals surface area contributed by atoms with E-state index in [0.717, 1.165) is 17.6 Å². The van der Waals surface area contributed by atoms with Crippen molar-refractivity contribution in [2.24, 2.45) is 0 Å². The molecule has 11 nitrogen and oxygen atoms in total. The zero-order chi connectivity index (χ0) is 38.6. The van der Waals surface area contributed by atoms with E-state index in [0.29, 0.717) is 36.8 Å². The van der Waals surface area contributed by atoms with Crippen LogP contribution in [0.25, 0.3) is 11.0 Å². The molecule has 53 heavy (non-hydrogen) atoms. The zero-order valence-corrected chi connectivity index (χ0v) is 34.1. The van der Waals surface area contributed by atoms with Crippen LogP contribution in [-0.4, -0.2) is 87.4 Å². The number of benzene rings is 2. The van der Waals surface area contributed by atoms with Gasteiger partial charge in [-0.25, -0.2) is 27.6 Å². The van der Waals surface area contributed by atoms with Crippen LogP contribution in [0.5, 0.6) is 5.88 Å². The number of carbonyl (C=O) groups is 1. The molecule has 1 saturated heterocycles. The average Bonchev–Trinajstić information content (AvgIpc) is 3.77. The van der Waals surface area contributed by atoms with Crippen molar-refractivity contribution >= 4 is 44.5 Å². The Hall–Kier alpha value is -3.87. The molecular formula is C37H53F3N6O5Si2. The summed E-state index contributed by atoms with van der Waals surface area (Å²) in [5.74, 6) is -4.12. The predicted octanol–water partition coefficient (Wildman–Crippen LogP) is 8.23. The van der Waals surface area contributed by atoms with E-state index in [4.69, 9.17) is 18.9 Å². The van der Waals surface area contributed by atoms with Gasteiger partial charge in [0.25, 0.3) is 5.92 Å². The minimum Gasteiger partial charge on any atom is -0.480 e. The highest BCUT2D eigenvalue weighted by Crippen LogP contribution is 2.39. The van der Waals surface area contributed by atoms with Crippen molar-refractivity contribution in [1.82, 2.24) is 19.3 Å². The van der Waals surface area contributed by atoms with Gasteiger partial charge in [0.1, 0.15) is 19.3 Å². The lowest BCUT2D eigenvalue weighted by Gasteiger charge is -2.24. The smallest absolute Gasteiger partial charge is 0.357 e. The number of fused-ring (bicyclic) bond motifs is 1. The summed E-state index contributed by atoms with van der Waals surface area (Å²) in [6.07, 6.45) is 1.41. The highest BCUT2D eigenvalue weighted by molar-refractivity contribution is 6.76. The van der Waals surface area contributed by atoms with Crippen molar-refractivity contribution in [1.29, 1.82) is 0 Å². The molecule has 16 heteroatoms. The molecule has 2 aromatic carbocycles. The van der Waals surface area contributed by atoms with E-state index in [1.807, 2.05) is 22.8 Å². The normalized spacial score (nSPS) is 15.3. The van der Waals surface area contributed by atoms with Gasteiger partial charge in [-0.05, 0) is 49.3 Å². The van der Waals surface area contributed by atoms with Gasteiger partial charge in [0.15, 0.2) is 5.69 Å². The van der Waals surface area contributed by atoms with Crippen molar-refractivity contribution in [2.75, 3.05) is 50.2 Å². The van der Waals surface area contributed by atoms with Crippen molar-refractivity contribution in [3.05, 3.63) is 65.4 Å². The number of nitrogens with one attached hydrogen (secondary N) is 1. The van der Waals surface area contributed by atoms with Gasteiger partial charge in [-0.15, -0.1) is 5.10 Å². The fourth-order valence-electron chi connectivity index (χ4n) is 6.08. The van der Waals surface area contributed by atoms with E-state index in [2.05, 4.69) is 54.7 Å². The molecule has 0 aliphatic carbocycles. The van der Waals surface area contributed by atoms with Gasteiger partial charge >= 0.3 is 5.97 Å². The summed E-state index contributed by atoms with van der Waals surface area (Å²) in [5, 5.41) is 7.99. The molecule has 4 aromatic rings. The molecule has 0 spiro atoms. The minimum absolute atomic E-state index is 0.0395. The number of hydrogen-bond acceptors (Lipinski definition) is 9. The van der Waals surface area contributed by atoms with Gasteiger partial charge < -0.3 is 33.7 Å². The van der Waals surface area contributed by atoms with Crippen LogP contribution in [-0.2, 0) is 27.7 Å². The SMILES string of the molecule is CCOC(=O)c1c(C(Nc2ccc3c(c2)ncn3COCC[Si](C)(C)C)c2ccc(N3CCC(F)(F)C3)cc2F)c(OC)nn1COCC[Si](C)(C)C. The maximum Gasteiger partial charge on any atom is 0.357 e. The molecule has 0 saturated carbocycles. The summed E-state index contributed by atoms with van der Waals surface area (Å²) in [6, 6.07) is 10.9. The third-order valence-electron chi connectivity index (χ3n) is 9.10. The van der Waals surface area contributed by atoms with Crippen LogP contribution in [0.3, 0.4) is 0 Å². The Morgan fingerprint density at radius 3 is 2.30 bits per heavy atom. The number of anilines is 2. The summed E-state index contributed by atoms with van der Waals surface area (Å²) >= 11 is 0. The lowest BCUT2D eigenvalue weighted by atomic mass is 9.96. The Labute approximate surface area is 311 Å². The Morgan fingerprint density at radius 1 is 1.00 bits per heavy atom. The van der Waals surface area contributed by atoms with Crippen LogP contribution < -0.4 is 15.0 Å². The van der Waals surface area contributed by atoms with Crippen LogP contribution in [0.15, 0.2) is 42.7 Å². The number of rotatable bonds is 18. The molecule has 290 valence electrons. The first-order valence-corrected chi connectivity index (χ1v) is 25.5. The molecule has 0 amide bonds. The van der Waals surface area contributed by atoms with E-state index >= 15 is 4.39 Å². The quantitative estimate of drug-likeness (QED) is 0.0609. The molecule has 1 aliphatic rings. The number of halogens is 3. The molecule has 1 aliphatic heterocycles. The first kappa shape index (κ1) is 40.3. The summed E-state index contributed by atoms with van der Waals surface area (Å²) < 4.78 is 71.1. The Bertz CT molecular complexity index is 1870.